The fourth-order valence-electron chi connectivity index (χ4n) is 1.45. The van der Waals surface area contributed by atoms with Gasteiger partial charge in [0.05, 0.1) is 5.56 Å². The van der Waals surface area contributed by atoms with Crippen LogP contribution in [0.1, 0.15) is 25.3 Å². The van der Waals surface area contributed by atoms with Crippen LogP contribution in [0.25, 0.3) is 0 Å². The predicted molar refractivity (Wildman–Crippen MR) is 62.4 cm³/mol. The highest BCUT2D eigenvalue weighted by Crippen LogP contribution is 2.20. The molecule has 0 saturated heterocycles. The third kappa shape index (κ3) is 2.97. The highest BCUT2D eigenvalue weighted by atomic mass is 16.5. The van der Waals surface area contributed by atoms with Gasteiger partial charge in [0.15, 0.2) is 6.10 Å². The number of ether oxygens (including phenoxy) is 1. The molecule has 17 heavy (non-hydrogen) atoms. The van der Waals surface area contributed by atoms with E-state index in [0.717, 1.165) is 12.8 Å². The Balaban J connectivity index is 1.99. The minimum absolute atomic E-state index is 0.125. The lowest BCUT2D eigenvalue weighted by Gasteiger charge is -2.15. The second-order valence-electron chi connectivity index (χ2n) is 4.15. The standard InChI is InChI=1S/C13H14N2O2/c1-9(13(16)15-11-6-7-11)17-12-5-3-2-4-10(12)8-14/h2-5,9,11H,6-7H2,1H3,(H,15,16)/t9-/m1/s1. The Morgan fingerprint density at radius 3 is 2.88 bits per heavy atom. The third-order valence-corrected chi connectivity index (χ3v) is 2.60. The molecule has 0 unspecified atom stereocenters. The SMILES string of the molecule is C[C@@H](Oc1ccccc1C#N)C(=O)NC1CC1. The molecule has 0 radical (unpaired) electrons. The molecular formula is C13H14N2O2. The summed E-state index contributed by atoms with van der Waals surface area (Å²) in [4.78, 5) is 11.7. The zero-order valence-electron chi connectivity index (χ0n) is 9.64. The van der Waals surface area contributed by atoms with Gasteiger partial charge in [-0.1, -0.05) is 12.1 Å². The van der Waals surface area contributed by atoms with Crippen LogP contribution in [-0.2, 0) is 4.79 Å². The average molecular weight is 230 g/mol. The first-order valence-corrected chi connectivity index (χ1v) is 5.67. The number of para-hydroxylation sites is 1. The third-order valence-electron chi connectivity index (χ3n) is 2.60. The maximum absolute atomic E-state index is 11.7. The van der Waals surface area contributed by atoms with Crippen LogP contribution in [0.4, 0.5) is 0 Å². The zero-order valence-corrected chi connectivity index (χ0v) is 9.64. The van der Waals surface area contributed by atoms with Crippen molar-refractivity contribution in [3.05, 3.63) is 29.8 Å². The Bertz CT molecular complexity index is 461. The molecule has 0 aliphatic heterocycles. The van der Waals surface area contributed by atoms with Crippen molar-refractivity contribution in [3.8, 4) is 11.8 Å². The number of nitrogens with one attached hydrogen (secondary N) is 1. The van der Waals surface area contributed by atoms with E-state index >= 15 is 0 Å². The molecule has 1 aliphatic rings. The van der Waals surface area contributed by atoms with Gasteiger partial charge in [0.25, 0.3) is 5.91 Å². The number of carbonyl (C=O) groups is 1. The lowest BCUT2D eigenvalue weighted by atomic mass is 10.2. The van der Waals surface area contributed by atoms with E-state index in [1.54, 1.807) is 31.2 Å². The summed E-state index contributed by atoms with van der Waals surface area (Å²) in [6, 6.07) is 9.26. The summed E-state index contributed by atoms with van der Waals surface area (Å²) in [6.45, 7) is 1.69. The van der Waals surface area contributed by atoms with E-state index in [2.05, 4.69) is 5.32 Å². The van der Waals surface area contributed by atoms with Gasteiger partial charge in [-0.05, 0) is 31.9 Å². The first-order valence-electron chi connectivity index (χ1n) is 5.67. The maximum Gasteiger partial charge on any atom is 0.260 e. The number of carbonyl (C=O) groups excluding carboxylic acids is 1. The van der Waals surface area contributed by atoms with Crippen LogP contribution in [0.5, 0.6) is 5.75 Å². The molecule has 0 aromatic heterocycles. The minimum atomic E-state index is -0.579. The summed E-state index contributed by atoms with van der Waals surface area (Å²) in [7, 11) is 0. The van der Waals surface area contributed by atoms with Gasteiger partial charge < -0.3 is 10.1 Å². The lowest BCUT2D eigenvalue weighted by molar-refractivity contribution is -0.127. The van der Waals surface area contributed by atoms with Crippen LogP contribution in [0.2, 0.25) is 0 Å². The molecule has 1 atom stereocenters. The Morgan fingerprint density at radius 2 is 2.24 bits per heavy atom. The van der Waals surface area contributed by atoms with E-state index in [0.29, 0.717) is 17.4 Å². The van der Waals surface area contributed by atoms with E-state index in [1.807, 2.05) is 6.07 Å². The Morgan fingerprint density at radius 1 is 1.53 bits per heavy atom. The molecule has 1 aliphatic carbocycles. The Labute approximate surface area is 100 Å². The fourth-order valence-corrected chi connectivity index (χ4v) is 1.45. The summed E-state index contributed by atoms with van der Waals surface area (Å²) in [5, 5.41) is 11.8. The predicted octanol–water partition coefficient (Wildman–Crippen LogP) is 1.60. The normalized spacial score (nSPS) is 15.8. The van der Waals surface area contributed by atoms with Crippen LogP contribution in [0, 0.1) is 11.3 Å². The minimum Gasteiger partial charge on any atom is -0.480 e. The summed E-state index contributed by atoms with van der Waals surface area (Å²) in [5.74, 6) is 0.327. The number of hydrogen-bond donors (Lipinski definition) is 1. The van der Waals surface area contributed by atoms with Gasteiger partial charge in [0.2, 0.25) is 0 Å². The molecular weight excluding hydrogens is 216 g/mol. The van der Waals surface area contributed by atoms with E-state index in [-0.39, 0.29) is 5.91 Å². The highest BCUT2D eigenvalue weighted by Gasteiger charge is 2.26. The van der Waals surface area contributed by atoms with Gasteiger partial charge in [-0.25, -0.2) is 0 Å². The molecule has 4 nitrogen and oxygen atoms in total. The first-order chi connectivity index (χ1) is 8.20. The van der Waals surface area contributed by atoms with Crippen molar-refractivity contribution in [2.75, 3.05) is 0 Å². The van der Waals surface area contributed by atoms with Crippen LogP contribution in [0.15, 0.2) is 24.3 Å². The molecule has 0 spiro atoms. The van der Waals surface area contributed by atoms with Crippen molar-refractivity contribution in [1.29, 1.82) is 5.26 Å². The molecule has 1 N–H and O–H groups in total. The van der Waals surface area contributed by atoms with Crippen molar-refractivity contribution >= 4 is 5.91 Å². The molecule has 1 amide bonds. The van der Waals surface area contributed by atoms with Gasteiger partial charge in [0.1, 0.15) is 11.8 Å². The monoisotopic (exact) mass is 230 g/mol. The Hall–Kier alpha value is -2.02. The fraction of sp³-hybridized carbons (Fsp3) is 0.385. The van der Waals surface area contributed by atoms with Crippen molar-refractivity contribution in [2.24, 2.45) is 0 Å². The topological polar surface area (TPSA) is 62.1 Å². The average Bonchev–Trinajstić information content (AvgIpc) is 3.13. The number of hydrogen-bond acceptors (Lipinski definition) is 3. The molecule has 88 valence electrons. The van der Waals surface area contributed by atoms with Crippen molar-refractivity contribution in [2.45, 2.75) is 31.9 Å². The summed E-state index contributed by atoms with van der Waals surface area (Å²) in [5.41, 5.74) is 0.443. The second-order valence-corrected chi connectivity index (χ2v) is 4.15. The summed E-state index contributed by atoms with van der Waals surface area (Å²) < 4.78 is 5.49. The van der Waals surface area contributed by atoms with Crippen molar-refractivity contribution < 1.29 is 9.53 Å². The van der Waals surface area contributed by atoms with Crippen LogP contribution in [0.3, 0.4) is 0 Å². The van der Waals surface area contributed by atoms with Gasteiger partial charge in [0, 0.05) is 6.04 Å². The van der Waals surface area contributed by atoms with E-state index in [4.69, 9.17) is 10.00 Å². The summed E-state index contributed by atoms with van der Waals surface area (Å²) in [6.07, 6.45) is 1.52. The molecule has 1 saturated carbocycles. The summed E-state index contributed by atoms with van der Waals surface area (Å²) >= 11 is 0. The smallest absolute Gasteiger partial charge is 0.260 e. The number of rotatable bonds is 4. The number of benzene rings is 1. The molecule has 1 fully saturated rings. The zero-order chi connectivity index (χ0) is 12.3. The molecule has 2 rings (SSSR count). The number of nitriles is 1. The van der Waals surface area contributed by atoms with Crippen molar-refractivity contribution in [1.82, 2.24) is 5.32 Å². The lowest BCUT2D eigenvalue weighted by Crippen LogP contribution is -2.37. The molecule has 1 aromatic rings. The van der Waals surface area contributed by atoms with E-state index < -0.39 is 6.10 Å². The van der Waals surface area contributed by atoms with Crippen LogP contribution >= 0.6 is 0 Å². The van der Waals surface area contributed by atoms with Gasteiger partial charge >= 0.3 is 0 Å². The quantitative estimate of drug-likeness (QED) is 0.854. The van der Waals surface area contributed by atoms with E-state index in [9.17, 15) is 4.79 Å². The number of nitrogens with zero attached hydrogens (tertiary/aromatic N) is 1. The van der Waals surface area contributed by atoms with Crippen LogP contribution in [-0.4, -0.2) is 18.1 Å². The Kier molecular flexibility index (Phi) is 3.29. The largest absolute Gasteiger partial charge is 0.480 e. The highest BCUT2D eigenvalue weighted by molar-refractivity contribution is 5.81. The van der Waals surface area contributed by atoms with Crippen LogP contribution < -0.4 is 10.1 Å². The number of amides is 1. The molecule has 0 heterocycles. The maximum atomic E-state index is 11.7. The van der Waals surface area contributed by atoms with Gasteiger partial charge in [-0.2, -0.15) is 5.26 Å². The van der Waals surface area contributed by atoms with Crippen molar-refractivity contribution in [3.63, 3.8) is 0 Å². The second kappa shape index (κ2) is 4.88. The van der Waals surface area contributed by atoms with Gasteiger partial charge in [-0.15, -0.1) is 0 Å². The molecule has 1 aromatic carbocycles. The molecule has 0 bridgehead atoms. The van der Waals surface area contributed by atoms with E-state index in [1.165, 1.54) is 0 Å². The first kappa shape index (κ1) is 11.5. The van der Waals surface area contributed by atoms with Gasteiger partial charge in [-0.3, -0.25) is 4.79 Å². The molecule has 4 heteroatoms.